The van der Waals surface area contributed by atoms with Crippen molar-refractivity contribution < 1.29 is 72.5 Å². The van der Waals surface area contributed by atoms with Gasteiger partial charge in [0.15, 0.2) is 0 Å². The second-order valence-electron chi connectivity index (χ2n) is 28.2. The second-order valence-corrected chi connectivity index (χ2v) is 28.2. The Bertz CT molecular complexity index is 2600. The molecule has 0 spiro atoms. The molecule has 7 N–H and O–H groups in total. The molecule has 1 saturated heterocycles. The molecule has 12 amide bonds. The second kappa shape index (κ2) is 39.2. The zero-order chi connectivity index (χ0) is 72.8. The molecular weight excluding hydrogens is 1210 g/mol. The van der Waals surface area contributed by atoms with Gasteiger partial charge in [0.1, 0.15) is 66.5 Å². The van der Waals surface area contributed by atoms with E-state index in [4.69, 9.17) is 4.74 Å². The molecule has 1 unspecified atom stereocenters. The summed E-state index contributed by atoms with van der Waals surface area (Å²) in [6.45, 7) is 28.5. The van der Waals surface area contributed by atoms with Crippen LogP contribution in [-0.4, -0.2) is 257 Å². The van der Waals surface area contributed by atoms with Crippen molar-refractivity contribution in [2.24, 2.45) is 41.4 Å². The van der Waals surface area contributed by atoms with Gasteiger partial charge in [-0.25, -0.2) is 4.79 Å². The number of likely N-dealkylation sites (N-methyl/N-ethyl adjacent to an activating group) is 6. The fraction of sp³-hybridized carbons (Fsp3) is 0.791. The van der Waals surface area contributed by atoms with E-state index >= 15 is 14.4 Å². The van der Waals surface area contributed by atoms with Crippen LogP contribution in [-0.2, 0) is 57.5 Å². The van der Waals surface area contributed by atoms with Gasteiger partial charge in [-0.1, -0.05) is 102 Å². The number of carbonyl (C=O) groups is 12. The van der Waals surface area contributed by atoms with Crippen molar-refractivity contribution in [1.82, 2.24) is 60.9 Å². The van der Waals surface area contributed by atoms with Crippen LogP contribution in [0, 0.1) is 41.4 Å². The van der Waals surface area contributed by atoms with E-state index in [0.29, 0.717) is 0 Å². The predicted molar refractivity (Wildman–Crippen MR) is 358 cm³/mol. The first-order valence-corrected chi connectivity index (χ1v) is 33.3. The number of nitrogens with one attached hydrogen (secondary N) is 5. The lowest BCUT2D eigenvalue weighted by atomic mass is 9.91. The third-order valence-corrected chi connectivity index (χ3v) is 17.2. The van der Waals surface area contributed by atoms with Crippen molar-refractivity contribution in [3.63, 3.8) is 0 Å². The summed E-state index contributed by atoms with van der Waals surface area (Å²) in [5, 5.41) is 37.2. The summed E-state index contributed by atoms with van der Waals surface area (Å²) in [6, 6.07) is -15.3. The third-order valence-electron chi connectivity index (χ3n) is 17.2. The molecule has 27 nitrogen and oxygen atoms in total. The van der Waals surface area contributed by atoms with Crippen LogP contribution < -0.4 is 26.6 Å². The maximum atomic E-state index is 15.3. The van der Waals surface area contributed by atoms with Crippen LogP contribution in [0.1, 0.15) is 163 Å². The molecule has 27 heteroatoms. The zero-order valence-corrected chi connectivity index (χ0v) is 61.2. The van der Waals surface area contributed by atoms with Crippen molar-refractivity contribution in [3.05, 3.63) is 12.2 Å². The van der Waals surface area contributed by atoms with E-state index in [0.717, 1.165) is 19.6 Å². The highest BCUT2D eigenvalue weighted by atomic mass is 16.6. The molecule has 0 aromatic carbocycles. The average Bonchev–Trinajstić information content (AvgIpc) is 0.811. The number of ether oxygens (including phenoxy) is 1. The highest BCUT2D eigenvalue weighted by molar-refractivity contribution is 6.00. The van der Waals surface area contributed by atoms with E-state index in [1.165, 1.54) is 91.9 Å². The molecule has 1 fully saturated rings. The molecule has 0 aliphatic carbocycles. The van der Waals surface area contributed by atoms with E-state index < -0.39 is 167 Å². The lowest BCUT2D eigenvalue weighted by Gasteiger charge is -2.40. The van der Waals surface area contributed by atoms with E-state index in [1.807, 2.05) is 55.4 Å². The molecule has 1 heterocycles. The monoisotopic (exact) mass is 1330 g/mol. The summed E-state index contributed by atoms with van der Waals surface area (Å²) in [5.74, 6) is -11.5. The summed E-state index contributed by atoms with van der Waals surface area (Å²) < 4.78 is 5.45. The van der Waals surface area contributed by atoms with E-state index in [1.54, 1.807) is 53.7 Å². The smallest absolute Gasteiger partial charge is 0.409 e. The molecule has 0 aromatic rings. The van der Waals surface area contributed by atoms with Gasteiger partial charge in [0.25, 0.3) is 0 Å². The third kappa shape index (κ3) is 24.7. The number of carbonyl (C=O) groups excluding carboxylic acids is 12. The highest BCUT2D eigenvalue weighted by Gasteiger charge is 2.46. The van der Waals surface area contributed by atoms with Gasteiger partial charge in [0.05, 0.1) is 18.8 Å². The number of amides is 12. The average molecular weight is 1330 g/mol. The lowest BCUT2D eigenvalue weighted by Crippen LogP contribution is -2.65. The van der Waals surface area contributed by atoms with Crippen LogP contribution in [0.4, 0.5) is 4.79 Å². The molecular formula is C67H120N12O15. The van der Waals surface area contributed by atoms with Gasteiger partial charge < -0.3 is 75.8 Å². The van der Waals surface area contributed by atoms with Gasteiger partial charge in [0, 0.05) is 56.4 Å². The van der Waals surface area contributed by atoms with E-state index in [-0.39, 0.29) is 75.2 Å². The molecule has 0 radical (unpaired) electrons. The standard InChI is InChI=1S/C67H120N12O15/c1-26-28-29-42(14)55(81)54-60(86)72-52(45(17)80)65(91)74(20)48(27-2)64(90)77(23)50(33-39(9)10)58(84)70-46(30-36(3)4)62(88)76(22)49(32-38(7)8)57(83)68-43(15)56(82)69-44(16)61(87)75(21)51(34-41(13)35-94-67(93)73(18)19)59(85)71-47(31-37(5)6)63(89)78(24)53(40(11)12)66(92)79(54)25/h26,28,36-55,80-81H,27,29-35H2,1-25H3,(H,68,83)(H,69,82)(H,70,84)(H,71,85)(H,72,86)/b28-26+/t41-,42+,43-,44+,45?,46-,47-,48-,49-,50-,51-,52-,53-,54-,55+/m0/s1. The first-order valence-electron chi connectivity index (χ1n) is 33.3. The van der Waals surface area contributed by atoms with Crippen LogP contribution in [0.15, 0.2) is 12.2 Å². The van der Waals surface area contributed by atoms with Crippen molar-refractivity contribution in [1.29, 1.82) is 0 Å². The molecule has 1 aliphatic heterocycles. The largest absolute Gasteiger partial charge is 0.449 e. The Hall–Kier alpha value is -6.90. The molecule has 0 aromatic heterocycles. The Morgan fingerprint density at radius 1 is 0.489 bits per heavy atom. The van der Waals surface area contributed by atoms with E-state index in [9.17, 15) is 53.4 Å². The van der Waals surface area contributed by atoms with Crippen LogP contribution in [0.2, 0.25) is 0 Å². The summed E-state index contributed by atoms with van der Waals surface area (Å²) >= 11 is 0. The van der Waals surface area contributed by atoms with Crippen molar-refractivity contribution in [2.75, 3.05) is 63.0 Å². The van der Waals surface area contributed by atoms with Gasteiger partial charge in [-0.05, 0) is 114 Å². The Labute approximate surface area is 560 Å². The number of hydrogen-bond donors (Lipinski definition) is 7. The Morgan fingerprint density at radius 3 is 1.32 bits per heavy atom. The quantitative estimate of drug-likeness (QED) is 0.0915. The SMILES string of the molecule is C/C=C/C[C@@H](C)[C@@H](O)[C@H]1C(=O)N[C@@H](C(C)O)C(=O)N(C)[C@@H](CC)C(=O)N(C)[C@@H](CC(C)C)C(=O)N[C@@H](CC(C)C)C(=O)N(C)[C@@H](CC(C)C)C(=O)N[C@@H](C)C(=O)N[C@H](C)C(=O)N(C)[C@@H](C[C@H](C)COC(=O)N(C)C)C(=O)N[C@@H](CC(C)C)C(=O)N(C)[C@@H](C(C)C)C(=O)N1C. The van der Waals surface area contributed by atoms with Gasteiger partial charge in [-0.2, -0.15) is 0 Å². The number of allylic oxidation sites excluding steroid dienone is 2. The fourth-order valence-corrected chi connectivity index (χ4v) is 11.6. The zero-order valence-electron chi connectivity index (χ0n) is 61.2. The maximum absolute atomic E-state index is 15.3. The van der Waals surface area contributed by atoms with Gasteiger partial charge in [0.2, 0.25) is 65.0 Å². The Kier molecular flexibility index (Phi) is 35.5. The molecule has 538 valence electrons. The minimum absolute atomic E-state index is 0.0177. The summed E-state index contributed by atoms with van der Waals surface area (Å²) in [7, 11) is 11.1. The van der Waals surface area contributed by atoms with Gasteiger partial charge in [-0.15, -0.1) is 0 Å². The number of nitrogens with zero attached hydrogens (tertiary/aromatic N) is 7. The summed E-state index contributed by atoms with van der Waals surface area (Å²) in [5.41, 5.74) is 0. The lowest BCUT2D eigenvalue weighted by molar-refractivity contribution is -0.155. The molecule has 1 rings (SSSR count). The van der Waals surface area contributed by atoms with Crippen molar-refractivity contribution >= 4 is 71.1 Å². The first-order chi connectivity index (χ1) is 43.4. The Balaban J connectivity index is 4.52. The molecule has 0 saturated carbocycles. The number of rotatable bonds is 19. The van der Waals surface area contributed by atoms with Crippen molar-refractivity contribution in [2.45, 2.75) is 241 Å². The molecule has 94 heavy (non-hydrogen) atoms. The van der Waals surface area contributed by atoms with Crippen LogP contribution >= 0.6 is 0 Å². The summed E-state index contributed by atoms with van der Waals surface area (Å²) in [6.07, 6.45) is -0.0214. The van der Waals surface area contributed by atoms with Crippen molar-refractivity contribution in [3.8, 4) is 0 Å². The highest BCUT2D eigenvalue weighted by Crippen LogP contribution is 2.25. The van der Waals surface area contributed by atoms with Crippen LogP contribution in [0.25, 0.3) is 0 Å². The predicted octanol–water partition coefficient (Wildman–Crippen LogP) is 2.74. The topological polar surface area (TPSA) is 337 Å². The van der Waals surface area contributed by atoms with E-state index in [2.05, 4.69) is 26.6 Å². The fourth-order valence-electron chi connectivity index (χ4n) is 11.6. The molecule has 15 atom stereocenters. The first kappa shape index (κ1) is 85.1. The molecule has 1 aliphatic rings. The van der Waals surface area contributed by atoms with Crippen LogP contribution in [0.3, 0.4) is 0 Å². The number of aliphatic hydroxyl groups excluding tert-OH is 2. The normalized spacial score (nSPS) is 26.7. The number of hydrogen-bond acceptors (Lipinski definition) is 15. The summed E-state index contributed by atoms with van der Waals surface area (Å²) in [4.78, 5) is 183. The maximum Gasteiger partial charge on any atom is 0.409 e. The van der Waals surface area contributed by atoms with Crippen LogP contribution in [0.5, 0.6) is 0 Å². The minimum Gasteiger partial charge on any atom is -0.449 e. The number of aliphatic hydroxyl groups is 2. The van der Waals surface area contributed by atoms with Gasteiger partial charge >= 0.3 is 6.09 Å². The van der Waals surface area contributed by atoms with Gasteiger partial charge in [-0.3, -0.25) is 52.7 Å². The Morgan fingerprint density at radius 2 is 0.894 bits per heavy atom. The minimum atomic E-state index is -1.79. The molecule has 0 bridgehead atoms.